The van der Waals surface area contributed by atoms with Gasteiger partial charge in [0.1, 0.15) is 0 Å². The second-order valence-corrected chi connectivity index (χ2v) is 16.5. The molecule has 1 saturated heterocycles. The van der Waals surface area contributed by atoms with E-state index in [9.17, 15) is 4.57 Å². The third-order valence-corrected chi connectivity index (χ3v) is 19.9. The molecule has 3 aromatic rings. The zero-order valence-electron chi connectivity index (χ0n) is 12.2. The van der Waals surface area contributed by atoms with E-state index in [-0.39, 0.29) is 0 Å². The van der Waals surface area contributed by atoms with Gasteiger partial charge in [-0.15, -0.1) is 0 Å². The first-order chi connectivity index (χ1) is 11.3. The molecule has 1 heterocycles. The molecule has 0 atom stereocenters. The van der Waals surface area contributed by atoms with Gasteiger partial charge in [0.15, 0.2) is 0 Å². The van der Waals surface area contributed by atoms with E-state index >= 15 is 0 Å². The molecule has 3 aromatic carbocycles. The molecule has 5 heteroatoms. The second-order valence-electron chi connectivity index (χ2n) is 5.06. The van der Waals surface area contributed by atoms with Crippen molar-refractivity contribution in [2.75, 3.05) is 0 Å². The Balaban J connectivity index is 2.11. The van der Waals surface area contributed by atoms with E-state index in [1.165, 1.54) is 0 Å². The number of halogens is 1. The van der Waals surface area contributed by atoms with Crippen molar-refractivity contribution in [3.8, 4) is 0 Å². The molecule has 4 rings (SSSR count). The summed E-state index contributed by atoms with van der Waals surface area (Å²) in [5.41, 5.74) is 0. The Labute approximate surface area is 138 Å². The zero-order chi connectivity index (χ0) is 15.8. The Kier molecular flexibility index (Phi) is 3.58. The van der Waals surface area contributed by atoms with E-state index in [0.29, 0.717) is 0 Å². The van der Waals surface area contributed by atoms with Gasteiger partial charge >= 0.3 is 138 Å². The van der Waals surface area contributed by atoms with Crippen LogP contribution in [0.25, 0.3) is 0 Å². The number of hydrogen-bond acceptors (Lipinski definition) is 3. The summed E-state index contributed by atoms with van der Waals surface area (Å²) in [6, 6.07) is 29.7. The second kappa shape index (κ2) is 5.49. The van der Waals surface area contributed by atoms with Crippen LogP contribution in [0.15, 0.2) is 91.0 Å². The Morgan fingerprint density at radius 2 is 0.870 bits per heavy atom. The molecule has 0 aliphatic carbocycles. The molecule has 0 bridgehead atoms. The van der Waals surface area contributed by atoms with E-state index in [2.05, 4.69) is 0 Å². The molecule has 0 amide bonds. The predicted molar refractivity (Wildman–Crippen MR) is 99.2 cm³/mol. The van der Waals surface area contributed by atoms with Crippen molar-refractivity contribution in [2.45, 2.75) is 0 Å². The molecule has 1 aliphatic rings. The molecule has 23 heavy (non-hydrogen) atoms. The summed E-state index contributed by atoms with van der Waals surface area (Å²) in [5.74, 6) is 0. The van der Waals surface area contributed by atoms with Crippen molar-refractivity contribution < 1.29 is 10.3 Å². The van der Waals surface area contributed by atoms with Crippen LogP contribution in [0.5, 0.6) is 0 Å². The molecule has 3 nitrogen and oxygen atoms in total. The number of rotatable bonds is 3. The fourth-order valence-corrected chi connectivity index (χ4v) is 18.9. The minimum absolute atomic E-state index is 0.977. The van der Waals surface area contributed by atoms with Crippen LogP contribution < -0.4 is 0 Å². The standard InChI is InChI=1S/C18H15IO3P/c20-23-21-19(22-23,16-10-4-1-5-11-16,17-12-6-2-7-13-17)18-14-8-3-9-15-18/h1-15H/q+1. The van der Waals surface area contributed by atoms with Gasteiger partial charge in [-0.05, 0) is 0 Å². The molecule has 0 spiro atoms. The molecule has 1 aliphatic heterocycles. The number of hydrogen-bond donors (Lipinski definition) is 0. The molecule has 0 N–H and O–H groups in total. The summed E-state index contributed by atoms with van der Waals surface area (Å²) in [4.78, 5) is 0. The number of benzene rings is 3. The van der Waals surface area contributed by atoms with Crippen molar-refractivity contribution in [3.63, 3.8) is 0 Å². The molecule has 0 aromatic heterocycles. The minimum atomic E-state index is -4.36. The Morgan fingerprint density at radius 1 is 0.565 bits per heavy atom. The fraction of sp³-hybridized carbons (Fsp3) is 0. The van der Waals surface area contributed by atoms with Crippen LogP contribution in [0.4, 0.5) is 0 Å². The molecule has 0 radical (unpaired) electrons. The van der Waals surface area contributed by atoms with Gasteiger partial charge in [-0.2, -0.15) is 0 Å². The van der Waals surface area contributed by atoms with Crippen LogP contribution >= 0.6 is 26.1 Å². The quantitative estimate of drug-likeness (QED) is 0.389. The van der Waals surface area contributed by atoms with E-state index in [1.54, 1.807) is 0 Å². The monoisotopic (exact) mass is 437 g/mol. The topological polar surface area (TPSA) is 35.5 Å². The first-order valence-electron chi connectivity index (χ1n) is 7.16. The normalized spacial score (nSPS) is 21.6. The van der Waals surface area contributed by atoms with E-state index in [1.807, 2.05) is 91.0 Å². The zero-order valence-corrected chi connectivity index (χ0v) is 15.3. The van der Waals surface area contributed by atoms with Gasteiger partial charge in [-0.25, -0.2) is 0 Å². The van der Waals surface area contributed by atoms with Gasteiger partial charge < -0.3 is 0 Å². The van der Waals surface area contributed by atoms with E-state index < -0.39 is 26.1 Å². The van der Waals surface area contributed by atoms with Gasteiger partial charge in [0, 0.05) is 0 Å². The summed E-state index contributed by atoms with van der Waals surface area (Å²) in [7, 11) is -2.09. The molecular weight excluding hydrogens is 422 g/mol. The average molecular weight is 437 g/mol. The summed E-state index contributed by atoms with van der Waals surface area (Å²) in [5, 5.41) is 0. The summed E-state index contributed by atoms with van der Waals surface area (Å²) >= 11 is -4.36. The van der Waals surface area contributed by atoms with Gasteiger partial charge in [-0.1, -0.05) is 0 Å². The van der Waals surface area contributed by atoms with Crippen LogP contribution in [-0.4, -0.2) is 0 Å². The van der Waals surface area contributed by atoms with E-state index in [4.69, 9.17) is 5.71 Å². The third-order valence-electron chi connectivity index (χ3n) is 3.76. The van der Waals surface area contributed by atoms with Crippen LogP contribution in [0.1, 0.15) is 0 Å². The average Bonchev–Trinajstić information content (AvgIpc) is 2.61. The van der Waals surface area contributed by atoms with Gasteiger partial charge in [0.2, 0.25) is 0 Å². The fourth-order valence-electron chi connectivity index (χ4n) is 2.77. The van der Waals surface area contributed by atoms with Crippen LogP contribution in [0.2, 0.25) is 0 Å². The van der Waals surface area contributed by atoms with E-state index in [0.717, 1.165) is 10.7 Å². The van der Waals surface area contributed by atoms with Crippen molar-refractivity contribution >= 4 is 26.1 Å². The first kappa shape index (κ1) is 15.0. The Hall–Kier alpha value is -1.59. The summed E-state index contributed by atoms with van der Waals surface area (Å²) in [6.07, 6.45) is 0. The van der Waals surface area contributed by atoms with Crippen LogP contribution in [0, 0.1) is 10.7 Å². The molecule has 0 saturated carbocycles. The summed E-state index contributed by atoms with van der Waals surface area (Å²) < 4.78 is 27.2. The Bertz CT molecular complexity index is 742. The van der Waals surface area contributed by atoms with Crippen LogP contribution in [-0.2, 0) is 10.3 Å². The van der Waals surface area contributed by atoms with Crippen molar-refractivity contribution in [2.24, 2.45) is 0 Å². The van der Waals surface area contributed by atoms with Crippen molar-refractivity contribution in [1.82, 2.24) is 0 Å². The maximum atomic E-state index is 12.0. The maximum absolute atomic E-state index is 12.0. The van der Waals surface area contributed by atoms with Gasteiger partial charge in [0.25, 0.3) is 0 Å². The molecular formula is C18H15IO3P+. The van der Waals surface area contributed by atoms with Crippen molar-refractivity contribution in [1.29, 1.82) is 0 Å². The molecule has 1 fully saturated rings. The predicted octanol–water partition coefficient (Wildman–Crippen LogP) is 5.71. The molecule has 116 valence electrons. The van der Waals surface area contributed by atoms with Gasteiger partial charge in [-0.3, -0.25) is 0 Å². The SMILES string of the molecule is O=[P+]1OI(c2ccccc2)(c2ccccc2)(c2ccccc2)O1. The first-order valence-corrected chi connectivity index (χ1v) is 13.2. The molecule has 0 unspecified atom stereocenters. The third kappa shape index (κ3) is 2.03. The van der Waals surface area contributed by atoms with Gasteiger partial charge in [0.05, 0.1) is 0 Å². The Morgan fingerprint density at radius 3 is 1.13 bits per heavy atom. The van der Waals surface area contributed by atoms with Crippen molar-refractivity contribution in [3.05, 3.63) is 102 Å². The van der Waals surface area contributed by atoms with Crippen LogP contribution in [0.3, 0.4) is 0 Å². The summed E-state index contributed by atoms with van der Waals surface area (Å²) in [6.45, 7) is 0.